The van der Waals surface area contributed by atoms with Gasteiger partial charge in [0.05, 0.1) is 12.0 Å². The second kappa shape index (κ2) is 4.11. The smallest absolute Gasteiger partial charge is 0.177 e. The molecule has 1 aromatic rings. The topological polar surface area (TPSA) is 38.3 Å². The fraction of sp³-hybridized carbons (Fsp3) is 0.500. The number of hydrogen-bond acceptors (Lipinski definition) is 4. The van der Waals surface area contributed by atoms with Crippen LogP contribution in [0.25, 0.3) is 0 Å². The normalized spacial score (nSPS) is 21.1. The van der Waals surface area contributed by atoms with Gasteiger partial charge in [0.25, 0.3) is 0 Å². The van der Waals surface area contributed by atoms with Gasteiger partial charge in [-0.15, -0.1) is 0 Å². The molecule has 2 rings (SSSR count). The monoisotopic (exact) mass is 211 g/mol. The Morgan fingerprint density at radius 1 is 1.64 bits per heavy atom. The highest BCUT2D eigenvalue weighted by Gasteiger charge is 2.24. The molecule has 1 N–H and O–H groups in total. The molecular formula is C10H13NO2S. The summed E-state index contributed by atoms with van der Waals surface area (Å²) in [6, 6.07) is 3.70. The molecule has 1 aliphatic rings. The van der Waals surface area contributed by atoms with E-state index in [0.717, 1.165) is 29.5 Å². The van der Waals surface area contributed by atoms with Gasteiger partial charge in [0, 0.05) is 12.5 Å². The maximum Gasteiger partial charge on any atom is 0.177 e. The van der Waals surface area contributed by atoms with Crippen LogP contribution >= 0.6 is 11.3 Å². The van der Waals surface area contributed by atoms with E-state index in [4.69, 9.17) is 4.74 Å². The molecule has 1 saturated heterocycles. The van der Waals surface area contributed by atoms with Crippen LogP contribution in [0.5, 0.6) is 5.06 Å². The summed E-state index contributed by atoms with van der Waals surface area (Å²) in [5.74, 6) is 0.418. The minimum absolute atomic E-state index is 0.165. The van der Waals surface area contributed by atoms with Gasteiger partial charge in [-0.05, 0) is 25.1 Å². The van der Waals surface area contributed by atoms with Crippen molar-refractivity contribution in [2.24, 2.45) is 5.92 Å². The molecular weight excluding hydrogens is 198 g/mol. The summed E-state index contributed by atoms with van der Waals surface area (Å²) in [4.78, 5) is 12.7. The molecule has 1 atom stereocenters. The Hall–Kier alpha value is -0.870. The number of thiophene rings is 1. The van der Waals surface area contributed by atoms with Gasteiger partial charge in [0.1, 0.15) is 0 Å². The van der Waals surface area contributed by atoms with E-state index in [1.807, 2.05) is 12.1 Å². The Morgan fingerprint density at radius 3 is 3.07 bits per heavy atom. The zero-order chi connectivity index (χ0) is 9.97. The van der Waals surface area contributed by atoms with Crippen LogP contribution in [-0.4, -0.2) is 26.0 Å². The molecule has 76 valence electrons. The lowest BCUT2D eigenvalue weighted by Crippen LogP contribution is -2.16. The molecule has 1 aromatic heterocycles. The Kier molecular flexibility index (Phi) is 2.84. The molecule has 2 heterocycles. The molecule has 1 fully saturated rings. The number of methoxy groups -OCH3 is 1. The first-order valence-electron chi connectivity index (χ1n) is 4.70. The van der Waals surface area contributed by atoms with E-state index < -0.39 is 0 Å². The van der Waals surface area contributed by atoms with Crippen molar-refractivity contribution in [1.29, 1.82) is 0 Å². The Bertz CT molecular complexity index is 329. The minimum atomic E-state index is 0.165. The standard InChI is InChI=1S/C10H13NO2S/c1-13-9-3-2-8(14-9)10(12)7-4-5-11-6-7/h2-3,7,11H,4-6H2,1H3. The van der Waals surface area contributed by atoms with Crippen LogP contribution in [0.2, 0.25) is 0 Å². The zero-order valence-corrected chi connectivity index (χ0v) is 8.89. The van der Waals surface area contributed by atoms with Crippen molar-refractivity contribution in [3.8, 4) is 5.06 Å². The SMILES string of the molecule is COc1ccc(C(=O)C2CCNC2)s1. The van der Waals surface area contributed by atoms with Crippen molar-refractivity contribution < 1.29 is 9.53 Å². The molecule has 1 aliphatic heterocycles. The van der Waals surface area contributed by atoms with E-state index in [1.165, 1.54) is 11.3 Å². The van der Waals surface area contributed by atoms with Gasteiger partial charge < -0.3 is 10.1 Å². The molecule has 3 nitrogen and oxygen atoms in total. The molecule has 0 saturated carbocycles. The van der Waals surface area contributed by atoms with E-state index in [-0.39, 0.29) is 11.7 Å². The molecule has 0 radical (unpaired) electrons. The van der Waals surface area contributed by atoms with E-state index in [0.29, 0.717) is 0 Å². The van der Waals surface area contributed by atoms with E-state index in [9.17, 15) is 4.79 Å². The van der Waals surface area contributed by atoms with Crippen LogP contribution in [0.3, 0.4) is 0 Å². The largest absolute Gasteiger partial charge is 0.487 e. The fourth-order valence-electron chi connectivity index (χ4n) is 1.64. The average Bonchev–Trinajstić information content (AvgIpc) is 2.88. The quantitative estimate of drug-likeness (QED) is 0.771. The molecule has 0 spiro atoms. The molecule has 0 bridgehead atoms. The van der Waals surface area contributed by atoms with E-state index in [1.54, 1.807) is 7.11 Å². The summed E-state index contributed by atoms with van der Waals surface area (Å²) in [6.45, 7) is 1.78. The molecule has 14 heavy (non-hydrogen) atoms. The lowest BCUT2D eigenvalue weighted by atomic mass is 10.0. The number of carbonyl (C=O) groups is 1. The summed E-state index contributed by atoms with van der Waals surface area (Å²) in [5, 5.41) is 4.00. The second-order valence-corrected chi connectivity index (χ2v) is 4.42. The number of Topliss-reactive ketones (excluding diaryl/α,β-unsaturated/α-hetero) is 1. The van der Waals surface area contributed by atoms with Gasteiger partial charge in [-0.25, -0.2) is 0 Å². The van der Waals surface area contributed by atoms with Crippen LogP contribution in [0.4, 0.5) is 0 Å². The predicted molar refractivity (Wildman–Crippen MR) is 56.2 cm³/mol. The first-order chi connectivity index (χ1) is 6.81. The van der Waals surface area contributed by atoms with Gasteiger partial charge >= 0.3 is 0 Å². The van der Waals surface area contributed by atoms with Gasteiger partial charge in [-0.2, -0.15) is 0 Å². The molecule has 4 heteroatoms. The van der Waals surface area contributed by atoms with E-state index in [2.05, 4.69) is 5.32 Å². The zero-order valence-electron chi connectivity index (χ0n) is 8.08. The highest BCUT2D eigenvalue weighted by molar-refractivity contribution is 7.15. The number of nitrogens with one attached hydrogen (secondary N) is 1. The van der Waals surface area contributed by atoms with Gasteiger partial charge in [-0.1, -0.05) is 11.3 Å². The summed E-state index contributed by atoms with van der Waals surface area (Å²) >= 11 is 1.43. The minimum Gasteiger partial charge on any atom is -0.487 e. The van der Waals surface area contributed by atoms with Crippen LogP contribution in [-0.2, 0) is 0 Å². The second-order valence-electron chi connectivity index (χ2n) is 3.38. The maximum absolute atomic E-state index is 11.9. The average molecular weight is 211 g/mol. The van der Waals surface area contributed by atoms with Crippen molar-refractivity contribution in [3.63, 3.8) is 0 Å². The molecule has 0 aliphatic carbocycles. The number of carbonyl (C=O) groups excluding carboxylic acids is 1. The van der Waals surface area contributed by atoms with Crippen LogP contribution in [0, 0.1) is 5.92 Å². The van der Waals surface area contributed by atoms with E-state index >= 15 is 0 Å². The van der Waals surface area contributed by atoms with Crippen molar-refractivity contribution in [2.75, 3.05) is 20.2 Å². The number of ether oxygens (including phenoxy) is 1. The van der Waals surface area contributed by atoms with Crippen LogP contribution < -0.4 is 10.1 Å². The molecule has 0 aromatic carbocycles. The number of ketones is 1. The molecule has 1 unspecified atom stereocenters. The Balaban J connectivity index is 2.09. The number of rotatable bonds is 3. The summed E-state index contributed by atoms with van der Waals surface area (Å²) < 4.78 is 5.06. The fourth-order valence-corrected chi connectivity index (χ4v) is 2.48. The lowest BCUT2D eigenvalue weighted by Gasteiger charge is -2.03. The van der Waals surface area contributed by atoms with Crippen LogP contribution in [0.1, 0.15) is 16.1 Å². The predicted octanol–water partition coefficient (Wildman–Crippen LogP) is 1.55. The first kappa shape index (κ1) is 9.68. The molecule has 0 amide bonds. The third-order valence-corrected chi connectivity index (χ3v) is 3.52. The summed E-state index contributed by atoms with van der Waals surface area (Å²) in [5.41, 5.74) is 0. The summed E-state index contributed by atoms with van der Waals surface area (Å²) in [7, 11) is 1.62. The van der Waals surface area contributed by atoms with Gasteiger partial charge in [0.15, 0.2) is 10.8 Å². The highest BCUT2D eigenvalue weighted by atomic mass is 32.1. The Labute approximate surface area is 87.1 Å². The van der Waals surface area contributed by atoms with Crippen molar-refractivity contribution in [3.05, 3.63) is 17.0 Å². The van der Waals surface area contributed by atoms with Crippen molar-refractivity contribution in [2.45, 2.75) is 6.42 Å². The van der Waals surface area contributed by atoms with Gasteiger partial charge in [0.2, 0.25) is 0 Å². The lowest BCUT2D eigenvalue weighted by molar-refractivity contribution is 0.0934. The highest BCUT2D eigenvalue weighted by Crippen LogP contribution is 2.27. The summed E-state index contributed by atoms with van der Waals surface area (Å²) in [6.07, 6.45) is 0.957. The third kappa shape index (κ3) is 1.81. The number of hydrogen-bond donors (Lipinski definition) is 1. The maximum atomic E-state index is 11.9. The van der Waals surface area contributed by atoms with Gasteiger partial charge in [-0.3, -0.25) is 4.79 Å². The first-order valence-corrected chi connectivity index (χ1v) is 5.51. The van der Waals surface area contributed by atoms with Crippen molar-refractivity contribution >= 4 is 17.1 Å². The van der Waals surface area contributed by atoms with Crippen molar-refractivity contribution in [1.82, 2.24) is 5.32 Å². The third-order valence-electron chi connectivity index (χ3n) is 2.46. The Morgan fingerprint density at radius 2 is 2.50 bits per heavy atom. The van der Waals surface area contributed by atoms with Crippen LogP contribution in [0.15, 0.2) is 12.1 Å².